The van der Waals surface area contributed by atoms with Gasteiger partial charge < -0.3 is 9.30 Å². The van der Waals surface area contributed by atoms with Gasteiger partial charge in [0, 0.05) is 29.0 Å². The molecule has 0 fully saturated rings. The number of rotatable bonds is 7. The Labute approximate surface area is 140 Å². The number of benzene rings is 1. The van der Waals surface area contributed by atoms with Crippen molar-refractivity contribution in [3.05, 3.63) is 53.1 Å². The highest BCUT2D eigenvalue weighted by Crippen LogP contribution is 2.25. The second-order valence-corrected chi connectivity index (χ2v) is 6.62. The number of halogens is 1. The summed E-state index contributed by atoms with van der Waals surface area (Å²) >= 11 is 1.23. The Morgan fingerprint density at radius 3 is 2.70 bits per heavy atom. The van der Waals surface area contributed by atoms with Gasteiger partial charge >= 0.3 is 0 Å². The number of thioether (sulfide) groups is 1. The molecule has 0 aliphatic rings. The van der Waals surface area contributed by atoms with Crippen LogP contribution in [0.4, 0.5) is 4.39 Å². The van der Waals surface area contributed by atoms with Crippen LogP contribution in [-0.4, -0.2) is 29.8 Å². The number of carbonyl (C=O) groups is 1. The Balaban J connectivity index is 2.14. The summed E-state index contributed by atoms with van der Waals surface area (Å²) in [4.78, 5) is 13.0. The van der Waals surface area contributed by atoms with Gasteiger partial charge in [-0.1, -0.05) is 12.1 Å². The fraction of sp³-hybridized carbons (Fsp3) is 0.389. The van der Waals surface area contributed by atoms with Crippen molar-refractivity contribution in [2.24, 2.45) is 0 Å². The highest BCUT2D eigenvalue weighted by atomic mass is 32.2. The lowest BCUT2D eigenvalue weighted by atomic mass is 10.2. The molecular formula is C18H22FNO2S. The number of Topliss-reactive ketones (excluding diaryl/α,β-unsaturated/α-hetero) is 1. The molecule has 0 aliphatic carbocycles. The van der Waals surface area contributed by atoms with Crippen molar-refractivity contribution >= 4 is 17.5 Å². The van der Waals surface area contributed by atoms with Gasteiger partial charge in [0.15, 0.2) is 5.78 Å². The third-order valence-electron chi connectivity index (χ3n) is 3.83. The summed E-state index contributed by atoms with van der Waals surface area (Å²) in [5.41, 5.74) is 2.67. The topological polar surface area (TPSA) is 31.2 Å². The van der Waals surface area contributed by atoms with Crippen LogP contribution < -0.4 is 0 Å². The number of nitrogens with zero attached hydrogens (tertiary/aromatic N) is 1. The monoisotopic (exact) mass is 335 g/mol. The molecular weight excluding hydrogens is 313 g/mol. The van der Waals surface area contributed by atoms with E-state index in [9.17, 15) is 9.18 Å². The molecule has 0 spiro atoms. The Morgan fingerprint density at radius 1 is 1.35 bits per heavy atom. The number of ketones is 1. The minimum atomic E-state index is -0.288. The average molecular weight is 335 g/mol. The first-order chi connectivity index (χ1) is 11.0. The first-order valence-corrected chi connectivity index (χ1v) is 8.52. The van der Waals surface area contributed by atoms with Crippen molar-refractivity contribution < 1.29 is 13.9 Å². The molecule has 3 nitrogen and oxygen atoms in total. The average Bonchev–Trinajstić information content (AvgIpc) is 2.81. The maximum Gasteiger partial charge on any atom is 0.174 e. The van der Waals surface area contributed by atoms with Gasteiger partial charge in [0.2, 0.25) is 0 Å². The first kappa shape index (κ1) is 17.8. The van der Waals surface area contributed by atoms with Gasteiger partial charge in [-0.3, -0.25) is 4.79 Å². The Bertz CT molecular complexity index is 696. The third kappa shape index (κ3) is 4.03. The molecule has 2 rings (SSSR count). The van der Waals surface area contributed by atoms with Gasteiger partial charge in [-0.25, -0.2) is 4.39 Å². The molecule has 1 aromatic heterocycles. The van der Waals surface area contributed by atoms with Crippen LogP contribution in [0, 0.1) is 19.7 Å². The third-order valence-corrected chi connectivity index (χ3v) is 4.88. The lowest BCUT2D eigenvalue weighted by molar-refractivity contribution is 0.102. The lowest BCUT2D eigenvalue weighted by Crippen LogP contribution is -2.14. The molecule has 1 heterocycles. The van der Waals surface area contributed by atoms with Gasteiger partial charge in [0.25, 0.3) is 0 Å². The van der Waals surface area contributed by atoms with Crippen molar-refractivity contribution in [2.45, 2.75) is 31.7 Å². The fourth-order valence-electron chi connectivity index (χ4n) is 2.84. The van der Waals surface area contributed by atoms with Crippen LogP contribution in [0.25, 0.3) is 0 Å². The Hall–Kier alpha value is -1.59. The molecule has 0 N–H and O–H groups in total. The maximum absolute atomic E-state index is 13.6. The van der Waals surface area contributed by atoms with Crippen LogP contribution in [0.1, 0.15) is 34.7 Å². The zero-order chi connectivity index (χ0) is 17.0. The maximum atomic E-state index is 13.6. The largest absolute Gasteiger partial charge is 0.383 e. The Kier molecular flexibility index (Phi) is 6.02. The van der Waals surface area contributed by atoms with Crippen molar-refractivity contribution in [1.82, 2.24) is 4.57 Å². The SMILES string of the molecule is COCC(C)n1c(C)cc(C(=O)CSc2ccccc2F)c1C. The highest BCUT2D eigenvalue weighted by Gasteiger charge is 2.19. The van der Waals surface area contributed by atoms with Gasteiger partial charge in [-0.2, -0.15) is 0 Å². The quantitative estimate of drug-likeness (QED) is 0.554. The fourth-order valence-corrected chi connectivity index (χ4v) is 3.66. The molecule has 23 heavy (non-hydrogen) atoms. The molecule has 0 amide bonds. The van der Waals surface area contributed by atoms with Crippen LogP contribution in [0.15, 0.2) is 35.2 Å². The molecule has 5 heteroatoms. The van der Waals surface area contributed by atoms with Crippen LogP contribution in [0.2, 0.25) is 0 Å². The summed E-state index contributed by atoms with van der Waals surface area (Å²) in [6, 6.07) is 8.59. The van der Waals surface area contributed by atoms with Crippen molar-refractivity contribution in [2.75, 3.05) is 19.5 Å². The summed E-state index contributed by atoms with van der Waals surface area (Å²) in [7, 11) is 1.67. The summed E-state index contributed by atoms with van der Waals surface area (Å²) in [5, 5.41) is 0. The first-order valence-electron chi connectivity index (χ1n) is 7.53. The molecule has 0 radical (unpaired) electrons. The number of carbonyl (C=O) groups excluding carboxylic acids is 1. The van der Waals surface area contributed by atoms with E-state index < -0.39 is 0 Å². The molecule has 124 valence electrons. The standard InChI is InChI=1S/C18H22FNO2S/c1-12-9-15(14(3)20(12)13(2)10-22-4)17(21)11-23-18-8-6-5-7-16(18)19/h5-9,13H,10-11H2,1-4H3. The zero-order valence-corrected chi connectivity index (χ0v) is 14.7. The number of ether oxygens (including phenoxy) is 1. The minimum Gasteiger partial charge on any atom is -0.383 e. The van der Waals surface area contributed by atoms with E-state index in [1.165, 1.54) is 17.8 Å². The van der Waals surface area contributed by atoms with Gasteiger partial charge in [0.05, 0.1) is 18.4 Å². The number of hydrogen-bond acceptors (Lipinski definition) is 3. The summed E-state index contributed by atoms with van der Waals surface area (Å²) in [6.07, 6.45) is 0. The summed E-state index contributed by atoms with van der Waals surface area (Å²) in [5.74, 6) is -0.0455. The van der Waals surface area contributed by atoms with E-state index in [2.05, 4.69) is 11.5 Å². The van der Waals surface area contributed by atoms with E-state index in [1.54, 1.807) is 25.3 Å². The predicted octanol–water partition coefficient (Wildman–Crippen LogP) is 4.43. The van der Waals surface area contributed by atoms with E-state index in [0.29, 0.717) is 17.1 Å². The van der Waals surface area contributed by atoms with E-state index in [1.807, 2.05) is 19.9 Å². The van der Waals surface area contributed by atoms with Crippen molar-refractivity contribution in [1.29, 1.82) is 0 Å². The molecule has 1 unspecified atom stereocenters. The van der Waals surface area contributed by atoms with E-state index in [-0.39, 0.29) is 23.4 Å². The van der Waals surface area contributed by atoms with Gasteiger partial charge in [0.1, 0.15) is 5.82 Å². The zero-order valence-electron chi connectivity index (χ0n) is 13.9. The van der Waals surface area contributed by atoms with Gasteiger partial charge in [-0.05, 0) is 39.0 Å². The molecule has 1 atom stereocenters. The molecule has 0 bridgehead atoms. The molecule has 0 saturated carbocycles. The molecule has 1 aromatic carbocycles. The summed E-state index contributed by atoms with van der Waals surface area (Å²) < 4.78 is 21.0. The molecule has 2 aromatic rings. The van der Waals surface area contributed by atoms with Crippen LogP contribution in [-0.2, 0) is 4.74 Å². The second kappa shape index (κ2) is 7.79. The van der Waals surface area contributed by atoms with Crippen LogP contribution >= 0.6 is 11.8 Å². The lowest BCUT2D eigenvalue weighted by Gasteiger charge is -2.17. The van der Waals surface area contributed by atoms with Gasteiger partial charge in [-0.15, -0.1) is 11.8 Å². The van der Waals surface area contributed by atoms with E-state index >= 15 is 0 Å². The molecule has 0 saturated heterocycles. The molecule has 0 aliphatic heterocycles. The second-order valence-electron chi connectivity index (χ2n) is 5.60. The number of methoxy groups -OCH3 is 1. The summed E-state index contributed by atoms with van der Waals surface area (Å²) in [6.45, 7) is 6.58. The van der Waals surface area contributed by atoms with Crippen molar-refractivity contribution in [3.63, 3.8) is 0 Å². The smallest absolute Gasteiger partial charge is 0.174 e. The number of aromatic nitrogens is 1. The normalized spacial score (nSPS) is 12.4. The number of aryl methyl sites for hydroxylation is 1. The van der Waals surface area contributed by atoms with E-state index in [4.69, 9.17) is 4.74 Å². The van der Waals surface area contributed by atoms with Crippen molar-refractivity contribution in [3.8, 4) is 0 Å². The predicted molar refractivity (Wildman–Crippen MR) is 91.9 cm³/mol. The Morgan fingerprint density at radius 2 is 2.04 bits per heavy atom. The van der Waals surface area contributed by atoms with E-state index in [0.717, 1.165) is 11.4 Å². The minimum absolute atomic E-state index is 0.0159. The number of hydrogen-bond donors (Lipinski definition) is 0. The van der Waals surface area contributed by atoms with Crippen LogP contribution in [0.5, 0.6) is 0 Å². The highest BCUT2D eigenvalue weighted by molar-refractivity contribution is 8.00. The van der Waals surface area contributed by atoms with Crippen LogP contribution in [0.3, 0.4) is 0 Å².